The van der Waals surface area contributed by atoms with Crippen molar-refractivity contribution >= 4 is 38.5 Å². The fourth-order valence-electron chi connectivity index (χ4n) is 4.08. The van der Waals surface area contributed by atoms with Crippen molar-refractivity contribution in [3.05, 3.63) is 122 Å². The summed E-state index contributed by atoms with van der Waals surface area (Å²) in [5, 5.41) is 2.13. The molecule has 0 fully saturated rings. The van der Waals surface area contributed by atoms with Crippen LogP contribution in [0.4, 0.5) is 0 Å². The Bertz CT molecular complexity index is 1090. The van der Waals surface area contributed by atoms with Crippen LogP contribution in [0.3, 0.4) is 0 Å². The molecule has 2 aromatic rings. The van der Waals surface area contributed by atoms with E-state index in [9.17, 15) is 9.59 Å². The Morgan fingerprint density at radius 1 is 0.595 bits per heavy atom. The van der Waals surface area contributed by atoms with Gasteiger partial charge in [0.25, 0.3) is 0 Å². The normalized spacial score (nSPS) is 11.5. The number of carbonyl (C=O) groups is 2. The lowest BCUT2D eigenvalue weighted by atomic mass is 10.1. The highest BCUT2D eigenvalue weighted by Gasteiger charge is 2.25. The van der Waals surface area contributed by atoms with Crippen LogP contribution in [0.2, 0.25) is 13.1 Å². The topological polar surface area (TPSA) is 71.1 Å². The summed E-state index contributed by atoms with van der Waals surface area (Å²) in [6, 6.07) is 14.1. The third kappa shape index (κ3) is 10.2. The molecule has 0 aliphatic rings. The number of rotatable bonds is 20. The van der Waals surface area contributed by atoms with Crippen LogP contribution < -0.4 is 10.4 Å². The summed E-state index contributed by atoms with van der Waals surface area (Å²) in [6.07, 6.45) is 7.15. The summed E-state index contributed by atoms with van der Waals surface area (Å²) >= 11 is 0. The largest absolute Gasteiger partial charge is 0.373 e. The Labute approximate surface area is 253 Å². The van der Waals surface area contributed by atoms with Crippen LogP contribution in [0, 0.1) is 13.2 Å². The van der Waals surface area contributed by atoms with Crippen molar-refractivity contribution in [2.45, 2.75) is 64.5 Å². The van der Waals surface area contributed by atoms with Gasteiger partial charge in [0.15, 0.2) is 0 Å². The molecule has 42 heavy (non-hydrogen) atoms. The molecule has 0 amide bonds. The molecule has 8 heteroatoms. The molecule has 0 unspecified atom stereocenters. The fourth-order valence-corrected chi connectivity index (χ4v) is 7.13. The Balaban J connectivity index is 2.01. The molecular formula is C34H44O6Si2. The molecule has 0 atom stereocenters. The quantitative estimate of drug-likeness (QED) is 0.0675. The fraction of sp³-hybridized carbons (Fsp3) is 0.294. The molecule has 0 aromatic heterocycles. The van der Waals surface area contributed by atoms with E-state index in [1.165, 1.54) is 0 Å². The van der Waals surface area contributed by atoms with Crippen LogP contribution in [-0.4, -0.2) is 28.1 Å². The van der Waals surface area contributed by atoms with Crippen LogP contribution in [-0.2, 0) is 19.6 Å². The summed E-state index contributed by atoms with van der Waals surface area (Å²) in [4.78, 5) is 45.9. The SMILES string of the molecule is [CH2]CCCCCCCC[C](OOC(=O)c1ccc([Si](C)(C=C)C=C)cc1)OOC(=O)c1ccc([Si](C)(C=C)C=C)cc1. The van der Waals surface area contributed by atoms with Crippen molar-refractivity contribution in [3.8, 4) is 0 Å². The molecule has 2 aromatic carbocycles. The number of unbranched alkanes of at least 4 members (excludes halogenated alkanes) is 6. The van der Waals surface area contributed by atoms with Crippen molar-refractivity contribution in [1.29, 1.82) is 0 Å². The highest BCUT2D eigenvalue weighted by atomic mass is 28.3. The van der Waals surface area contributed by atoms with Crippen LogP contribution in [0.1, 0.15) is 72.1 Å². The monoisotopic (exact) mass is 604 g/mol. The molecule has 0 saturated heterocycles. The van der Waals surface area contributed by atoms with Gasteiger partial charge in [0.2, 0.25) is 0 Å². The molecule has 0 aliphatic carbocycles. The Hall–Kier alpha value is -3.31. The molecule has 0 spiro atoms. The average Bonchev–Trinajstić information content (AvgIpc) is 3.04. The van der Waals surface area contributed by atoms with Crippen molar-refractivity contribution in [3.63, 3.8) is 0 Å². The minimum atomic E-state index is -2.00. The van der Waals surface area contributed by atoms with Gasteiger partial charge in [-0.05, 0) is 30.7 Å². The zero-order valence-corrected chi connectivity index (χ0v) is 27.1. The van der Waals surface area contributed by atoms with Gasteiger partial charge in [-0.15, -0.1) is 36.1 Å². The average molecular weight is 605 g/mol. The number of hydrogen-bond acceptors (Lipinski definition) is 6. The van der Waals surface area contributed by atoms with Crippen molar-refractivity contribution in [1.82, 2.24) is 0 Å². The second-order valence-electron chi connectivity index (χ2n) is 10.5. The Morgan fingerprint density at radius 3 is 1.31 bits per heavy atom. The van der Waals surface area contributed by atoms with Crippen LogP contribution in [0.25, 0.3) is 0 Å². The second-order valence-corrected chi connectivity index (χ2v) is 18.5. The van der Waals surface area contributed by atoms with Crippen LogP contribution in [0.15, 0.2) is 97.6 Å². The summed E-state index contributed by atoms with van der Waals surface area (Å²) in [6.45, 7) is 23.8. The van der Waals surface area contributed by atoms with Crippen molar-refractivity contribution in [2.24, 2.45) is 0 Å². The predicted molar refractivity (Wildman–Crippen MR) is 175 cm³/mol. The summed E-state index contributed by atoms with van der Waals surface area (Å²) in [5.41, 5.74) is 8.30. The Morgan fingerprint density at radius 2 is 0.952 bits per heavy atom. The first-order valence-electron chi connectivity index (χ1n) is 14.3. The number of benzene rings is 2. The predicted octanol–water partition coefficient (Wildman–Crippen LogP) is 7.48. The van der Waals surface area contributed by atoms with E-state index in [1.807, 2.05) is 47.1 Å². The molecule has 0 saturated carbocycles. The minimum Gasteiger partial charge on any atom is -0.289 e. The first-order chi connectivity index (χ1) is 20.2. The van der Waals surface area contributed by atoms with Gasteiger partial charge in [0, 0.05) is 6.42 Å². The first kappa shape index (κ1) is 34.9. The zero-order valence-electron chi connectivity index (χ0n) is 25.1. The van der Waals surface area contributed by atoms with Gasteiger partial charge in [-0.3, -0.25) is 9.78 Å². The maximum Gasteiger partial charge on any atom is 0.373 e. The van der Waals surface area contributed by atoms with Crippen molar-refractivity contribution in [2.75, 3.05) is 0 Å². The molecular weight excluding hydrogens is 561 g/mol. The van der Waals surface area contributed by atoms with E-state index in [2.05, 4.69) is 46.3 Å². The van der Waals surface area contributed by atoms with Gasteiger partial charge in [-0.1, -0.05) is 116 Å². The van der Waals surface area contributed by atoms with E-state index < -0.39 is 28.1 Å². The molecule has 224 valence electrons. The van der Waals surface area contributed by atoms with Gasteiger partial charge >= 0.3 is 18.2 Å². The van der Waals surface area contributed by atoms with Gasteiger partial charge in [0.05, 0.1) is 11.1 Å². The van der Waals surface area contributed by atoms with Gasteiger partial charge in [-0.25, -0.2) is 9.59 Å². The van der Waals surface area contributed by atoms with Crippen LogP contribution in [0.5, 0.6) is 0 Å². The summed E-state index contributed by atoms with van der Waals surface area (Å²) < 4.78 is 0. The van der Waals surface area contributed by atoms with Gasteiger partial charge in [0.1, 0.15) is 16.1 Å². The highest BCUT2D eigenvalue weighted by Crippen LogP contribution is 2.20. The Kier molecular flexibility index (Phi) is 14.6. The zero-order chi connectivity index (χ0) is 31.0. The van der Waals surface area contributed by atoms with E-state index in [0.29, 0.717) is 24.0 Å². The molecule has 2 radical (unpaired) electrons. The molecule has 0 aliphatic heterocycles. The van der Waals surface area contributed by atoms with Crippen molar-refractivity contribution < 1.29 is 29.1 Å². The van der Waals surface area contributed by atoms with E-state index in [-0.39, 0.29) is 6.29 Å². The maximum atomic E-state index is 12.7. The third-order valence-corrected chi connectivity index (χ3v) is 14.0. The molecule has 2 rings (SSSR count). The van der Waals surface area contributed by atoms with E-state index in [4.69, 9.17) is 19.6 Å². The smallest absolute Gasteiger partial charge is 0.289 e. The summed E-state index contributed by atoms with van der Waals surface area (Å²) in [7, 11) is -4.00. The number of hydrogen-bond donors (Lipinski definition) is 0. The molecule has 0 N–H and O–H groups in total. The minimum absolute atomic E-state index is 0.112. The van der Waals surface area contributed by atoms with Gasteiger partial charge in [-0.2, -0.15) is 0 Å². The number of carbonyl (C=O) groups excluding carboxylic acids is 2. The lowest BCUT2D eigenvalue weighted by Crippen LogP contribution is -2.40. The van der Waals surface area contributed by atoms with E-state index in [0.717, 1.165) is 48.9 Å². The molecule has 6 nitrogen and oxygen atoms in total. The third-order valence-electron chi connectivity index (χ3n) is 7.48. The van der Waals surface area contributed by atoms with E-state index >= 15 is 0 Å². The first-order valence-corrected chi connectivity index (χ1v) is 19.7. The van der Waals surface area contributed by atoms with Crippen LogP contribution >= 0.6 is 0 Å². The lowest BCUT2D eigenvalue weighted by molar-refractivity contribution is -0.363. The second kappa shape index (κ2) is 17.6. The standard InChI is InChI=1S/C34H44O6Si2/c1-8-13-14-15-16-17-18-19-32(37-39-33(35)28-20-24-30(25-21-28)41(6,9-2)10-3)38-40-34(36)29-22-26-31(27-23-29)42(7,11-4)12-5/h9-12,20-27H,1-5,8,13-19H2,6-7H3. The lowest BCUT2D eigenvalue weighted by Gasteiger charge is -2.19. The maximum absolute atomic E-state index is 12.7. The molecule has 0 bridgehead atoms. The summed E-state index contributed by atoms with van der Waals surface area (Å²) in [5.74, 6) is -1.40. The van der Waals surface area contributed by atoms with Gasteiger partial charge < -0.3 is 0 Å². The highest BCUT2D eigenvalue weighted by molar-refractivity contribution is 6.99. The molecule has 0 heterocycles. The van der Waals surface area contributed by atoms with E-state index in [1.54, 1.807) is 24.3 Å².